The third-order valence-corrected chi connectivity index (χ3v) is 7.61. The Morgan fingerprint density at radius 3 is 2.58 bits per heavy atom. The maximum absolute atomic E-state index is 13.2. The van der Waals surface area contributed by atoms with E-state index in [0.717, 1.165) is 72.6 Å². The molecule has 0 saturated carbocycles. The molecule has 1 aromatic carbocycles. The number of hydrogen-bond donors (Lipinski definition) is 1. The zero-order valence-corrected chi connectivity index (χ0v) is 21.1. The van der Waals surface area contributed by atoms with Crippen molar-refractivity contribution in [3.05, 3.63) is 54.0 Å². The molecule has 0 spiro atoms. The first kappa shape index (κ1) is 24.4. The molecule has 190 valence electrons. The largest absolute Gasteiger partial charge is 0.494 e. The molecule has 2 fully saturated rings. The van der Waals surface area contributed by atoms with Gasteiger partial charge in [0.2, 0.25) is 11.9 Å². The second-order valence-electron chi connectivity index (χ2n) is 9.88. The molecule has 2 aliphatic heterocycles. The number of anilines is 1. The smallest absolute Gasteiger partial charge is 0.226 e. The number of carbonyl (C=O) groups excluding carboxylic acids is 1. The first-order valence-electron chi connectivity index (χ1n) is 13.1. The fourth-order valence-electron chi connectivity index (χ4n) is 5.49. The topological polar surface area (TPSA) is 91.7 Å². The highest BCUT2D eigenvalue weighted by Gasteiger charge is 2.33. The molecule has 1 N–H and O–H groups in total. The molecule has 2 aliphatic rings. The highest BCUT2D eigenvalue weighted by atomic mass is 16.5. The van der Waals surface area contributed by atoms with Crippen LogP contribution in [0.2, 0.25) is 0 Å². The van der Waals surface area contributed by atoms with Crippen LogP contribution >= 0.6 is 0 Å². The highest BCUT2D eigenvalue weighted by Crippen LogP contribution is 2.32. The van der Waals surface area contributed by atoms with Gasteiger partial charge in [0.1, 0.15) is 5.75 Å². The summed E-state index contributed by atoms with van der Waals surface area (Å²) in [6.45, 7) is 7.57. The van der Waals surface area contributed by atoms with Gasteiger partial charge in [0.25, 0.3) is 0 Å². The van der Waals surface area contributed by atoms with Crippen molar-refractivity contribution in [2.45, 2.75) is 45.6 Å². The highest BCUT2D eigenvalue weighted by molar-refractivity contribution is 5.83. The van der Waals surface area contributed by atoms with E-state index in [1.807, 2.05) is 49.1 Å². The van der Waals surface area contributed by atoms with Crippen LogP contribution in [-0.2, 0) is 4.79 Å². The van der Waals surface area contributed by atoms with Gasteiger partial charge in [-0.15, -0.1) is 0 Å². The van der Waals surface area contributed by atoms with E-state index in [1.165, 1.54) is 0 Å². The molecular formula is C28H35N5O3. The molecule has 8 heteroatoms. The predicted molar refractivity (Wildman–Crippen MR) is 139 cm³/mol. The van der Waals surface area contributed by atoms with E-state index in [4.69, 9.17) is 14.7 Å². The van der Waals surface area contributed by atoms with Gasteiger partial charge in [-0.2, -0.15) is 0 Å². The molecule has 3 aromatic rings. The van der Waals surface area contributed by atoms with Crippen LogP contribution in [0.5, 0.6) is 5.75 Å². The Morgan fingerprint density at radius 2 is 1.89 bits per heavy atom. The zero-order valence-electron chi connectivity index (χ0n) is 21.1. The number of aliphatic hydroxyl groups excluding tert-OH is 1. The Balaban J connectivity index is 1.16. The Labute approximate surface area is 212 Å². The second-order valence-corrected chi connectivity index (χ2v) is 9.88. The van der Waals surface area contributed by atoms with Gasteiger partial charge < -0.3 is 19.6 Å². The standard InChI is InChI=1S/C28H35N5O3/c1-3-36-23-6-7-25-24(17-23)19(2)30-28(31-25)33-15-10-21(11-16-33)27(35)32-13-8-20(9-14-32)26(34)22-5-4-12-29-18-22/h4-7,12,17-18,20-21,26,34H,3,8-11,13-16H2,1-2H3/t26-/m0/s1. The van der Waals surface area contributed by atoms with E-state index in [9.17, 15) is 9.90 Å². The number of aliphatic hydroxyl groups is 1. The Hall–Kier alpha value is -3.26. The summed E-state index contributed by atoms with van der Waals surface area (Å²) in [4.78, 5) is 31.1. The average Bonchev–Trinajstić information content (AvgIpc) is 2.93. The first-order valence-corrected chi connectivity index (χ1v) is 13.1. The van der Waals surface area contributed by atoms with Crippen LogP contribution < -0.4 is 9.64 Å². The number of benzene rings is 1. The summed E-state index contributed by atoms with van der Waals surface area (Å²) in [6.07, 6.45) is 6.17. The summed E-state index contributed by atoms with van der Waals surface area (Å²) in [5.41, 5.74) is 2.71. The summed E-state index contributed by atoms with van der Waals surface area (Å²) < 4.78 is 5.62. The number of piperidine rings is 2. The van der Waals surface area contributed by atoms with Crippen molar-refractivity contribution in [1.29, 1.82) is 0 Å². The summed E-state index contributed by atoms with van der Waals surface area (Å²) in [5.74, 6) is 2.03. The van der Waals surface area contributed by atoms with E-state index in [0.29, 0.717) is 19.7 Å². The SMILES string of the molecule is CCOc1ccc2nc(N3CCC(C(=O)N4CCC([C@H](O)c5cccnc5)CC4)CC3)nc(C)c2c1. The molecule has 2 saturated heterocycles. The Morgan fingerprint density at radius 1 is 1.11 bits per heavy atom. The van der Waals surface area contributed by atoms with Crippen LogP contribution in [0.3, 0.4) is 0 Å². The lowest BCUT2D eigenvalue weighted by Gasteiger charge is -2.38. The third-order valence-electron chi connectivity index (χ3n) is 7.61. The van der Waals surface area contributed by atoms with Gasteiger partial charge in [-0.1, -0.05) is 6.07 Å². The first-order chi connectivity index (χ1) is 17.5. The number of rotatable bonds is 6. The predicted octanol–water partition coefficient (Wildman–Crippen LogP) is 3.92. The minimum atomic E-state index is -0.518. The molecule has 2 aromatic heterocycles. The number of likely N-dealkylation sites (tertiary alicyclic amines) is 1. The molecule has 36 heavy (non-hydrogen) atoms. The van der Waals surface area contributed by atoms with E-state index in [2.05, 4.69) is 9.88 Å². The number of ether oxygens (including phenoxy) is 1. The maximum atomic E-state index is 13.2. The lowest BCUT2D eigenvalue weighted by molar-refractivity contribution is -0.138. The average molecular weight is 490 g/mol. The number of aryl methyl sites for hydroxylation is 1. The monoisotopic (exact) mass is 489 g/mol. The molecule has 0 unspecified atom stereocenters. The maximum Gasteiger partial charge on any atom is 0.226 e. The van der Waals surface area contributed by atoms with Crippen LogP contribution in [0.25, 0.3) is 10.9 Å². The van der Waals surface area contributed by atoms with Gasteiger partial charge >= 0.3 is 0 Å². The third kappa shape index (κ3) is 5.14. The van der Waals surface area contributed by atoms with Crippen LogP contribution in [0.15, 0.2) is 42.7 Å². The fourth-order valence-corrected chi connectivity index (χ4v) is 5.49. The lowest BCUT2D eigenvalue weighted by Crippen LogP contribution is -2.46. The van der Waals surface area contributed by atoms with Gasteiger partial charge in [0.05, 0.1) is 23.9 Å². The van der Waals surface area contributed by atoms with E-state index in [1.54, 1.807) is 12.4 Å². The summed E-state index contributed by atoms with van der Waals surface area (Å²) in [7, 11) is 0. The van der Waals surface area contributed by atoms with Crippen LogP contribution in [0.1, 0.15) is 50.0 Å². The molecule has 0 radical (unpaired) electrons. The van der Waals surface area contributed by atoms with Crippen molar-refractivity contribution >= 4 is 22.8 Å². The second kappa shape index (κ2) is 10.8. The van der Waals surface area contributed by atoms with Crippen molar-refractivity contribution in [2.24, 2.45) is 11.8 Å². The van der Waals surface area contributed by atoms with Crippen molar-refractivity contribution in [1.82, 2.24) is 19.9 Å². The van der Waals surface area contributed by atoms with Crippen molar-refractivity contribution in [3.8, 4) is 5.75 Å². The normalized spacial score (nSPS) is 18.4. The number of carbonyl (C=O) groups is 1. The number of fused-ring (bicyclic) bond motifs is 1. The quantitative estimate of drug-likeness (QED) is 0.561. The number of aromatic nitrogens is 3. The molecule has 5 rings (SSSR count). The summed E-state index contributed by atoms with van der Waals surface area (Å²) in [5, 5.41) is 11.7. The van der Waals surface area contributed by atoms with Gasteiger partial charge in [0.15, 0.2) is 0 Å². The Kier molecular flexibility index (Phi) is 7.32. The minimum absolute atomic E-state index is 0.0383. The van der Waals surface area contributed by atoms with Crippen LogP contribution in [0.4, 0.5) is 5.95 Å². The van der Waals surface area contributed by atoms with Crippen molar-refractivity contribution in [2.75, 3.05) is 37.7 Å². The van der Waals surface area contributed by atoms with Crippen molar-refractivity contribution < 1.29 is 14.6 Å². The number of nitrogens with zero attached hydrogens (tertiary/aromatic N) is 5. The number of hydrogen-bond acceptors (Lipinski definition) is 7. The molecular weight excluding hydrogens is 454 g/mol. The molecule has 4 heterocycles. The van der Waals surface area contributed by atoms with E-state index in [-0.39, 0.29) is 17.7 Å². The van der Waals surface area contributed by atoms with E-state index >= 15 is 0 Å². The molecule has 1 atom stereocenters. The number of pyridine rings is 1. The van der Waals surface area contributed by atoms with E-state index < -0.39 is 6.10 Å². The van der Waals surface area contributed by atoms with Crippen molar-refractivity contribution in [3.63, 3.8) is 0 Å². The number of amides is 1. The summed E-state index contributed by atoms with van der Waals surface area (Å²) in [6, 6.07) is 9.71. The Bertz CT molecular complexity index is 1190. The zero-order chi connectivity index (χ0) is 25.1. The van der Waals surface area contributed by atoms with Crippen LogP contribution in [0, 0.1) is 18.8 Å². The molecule has 0 bridgehead atoms. The minimum Gasteiger partial charge on any atom is -0.494 e. The van der Waals surface area contributed by atoms with Gasteiger partial charge in [-0.25, -0.2) is 9.97 Å². The molecule has 0 aliphatic carbocycles. The van der Waals surface area contributed by atoms with Gasteiger partial charge in [-0.3, -0.25) is 9.78 Å². The van der Waals surface area contributed by atoms with Gasteiger partial charge in [-0.05, 0) is 75.3 Å². The molecule has 1 amide bonds. The lowest BCUT2D eigenvalue weighted by atomic mass is 9.87. The van der Waals surface area contributed by atoms with Crippen LogP contribution in [-0.4, -0.2) is 63.7 Å². The fraction of sp³-hybridized carbons (Fsp3) is 0.500. The molecule has 8 nitrogen and oxygen atoms in total. The summed E-state index contributed by atoms with van der Waals surface area (Å²) >= 11 is 0. The van der Waals surface area contributed by atoms with Gasteiger partial charge in [0, 0.05) is 49.9 Å².